The average Bonchev–Trinajstić information content (AvgIpc) is 3.10. The number of para-hydroxylation sites is 1. The van der Waals surface area contributed by atoms with Crippen molar-refractivity contribution >= 4 is 18.3 Å². The van der Waals surface area contributed by atoms with Crippen molar-refractivity contribution in [2.75, 3.05) is 0 Å². The van der Waals surface area contributed by atoms with Crippen LogP contribution in [0.3, 0.4) is 0 Å². The minimum absolute atomic E-state index is 0. The van der Waals surface area contributed by atoms with Crippen LogP contribution in [0.4, 0.5) is 0 Å². The molecule has 27 heavy (non-hydrogen) atoms. The summed E-state index contributed by atoms with van der Waals surface area (Å²) in [5, 5.41) is 3.24. The van der Waals surface area contributed by atoms with Crippen LogP contribution in [0, 0.1) is 11.8 Å². The van der Waals surface area contributed by atoms with Gasteiger partial charge in [-0.15, -0.1) is 12.4 Å². The Hall–Kier alpha value is -1.98. The monoisotopic (exact) mass is 390 g/mol. The van der Waals surface area contributed by atoms with Crippen molar-refractivity contribution in [3.8, 4) is 5.75 Å². The van der Waals surface area contributed by atoms with Crippen LogP contribution in [0.25, 0.3) is 0 Å². The fourth-order valence-electron chi connectivity index (χ4n) is 4.57. The number of carbonyl (C=O) groups excluding carboxylic acids is 1. The van der Waals surface area contributed by atoms with Gasteiger partial charge in [-0.2, -0.15) is 0 Å². The molecule has 2 unspecified atom stereocenters. The molecule has 1 amide bonds. The van der Waals surface area contributed by atoms with Crippen LogP contribution in [-0.4, -0.2) is 18.0 Å². The van der Waals surface area contributed by atoms with Gasteiger partial charge in [-0.25, -0.2) is 0 Å². The molecule has 146 valence electrons. The summed E-state index contributed by atoms with van der Waals surface area (Å²) in [6.07, 6.45) is 7.10. The molecule has 4 rings (SSSR count). The number of halogens is 1. The number of nitrogens with two attached hydrogens (primary N) is 1. The zero-order valence-electron chi connectivity index (χ0n) is 15.3. The second kappa shape index (κ2) is 8.81. The molecule has 3 N–H and O–H groups in total. The average molecular weight is 391 g/mol. The van der Waals surface area contributed by atoms with Crippen molar-refractivity contribution in [2.24, 2.45) is 17.6 Å². The lowest BCUT2D eigenvalue weighted by atomic mass is 9.67. The van der Waals surface area contributed by atoms with Gasteiger partial charge in [-0.1, -0.05) is 24.6 Å². The van der Waals surface area contributed by atoms with E-state index in [1.165, 1.54) is 6.42 Å². The zero-order valence-corrected chi connectivity index (χ0v) is 16.1. The van der Waals surface area contributed by atoms with E-state index in [9.17, 15) is 4.79 Å². The molecule has 0 aliphatic heterocycles. The highest BCUT2D eigenvalue weighted by molar-refractivity contribution is 5.93. The number of fused-ring (bicyclic) bond motifs is 2. The first-order valence-corrected chi connectivity index (χ1v) is 9.51. The van der Waals surface area contributed by atoms with Gasteiger partial charge in [0.25, 0.3) is 5.91 Å². The number of hydrogen-bond donors (Lipinski definition) is 2. The highest BCUT2D eigenvalue weighted by Gasteiger charge is 2.40. The smallest absolute Gasteiger partial charge is 0.287 e. The van der Waals surface area contributed by atoms with Crippen LogP contribution in [0.5, 0.6) is 5.75 Å². The number of nitrogens with one attached hydrogen (secondary N) is 1. The number of furan rings is 1. The molecule has 2 aromatic rings. The summed E-state index contributed by atoms with van der Waals surface area (Å²) in [4.78, 5) is 12.8. The number of carbonyl (C=O) groups is 1. The first-order chi connectivity index (χ1) is 12.7. The molecule has 6 heteroatoms. The molecule has 2 saturated carbocycles. The zero-order chi connectivity index (χ0) is 17.9. The largest absolute Gasteiger partial charge is 0.489 e. The molecular weight excluding hydrogens is 364 g/mol. The predicted octanol–water partition coefficient (Wildman–Crippen LogP) is 3.92. The summed E-state index contributed by atoms with van der Waals surface area (Å²) in [5.74, 6) is 1.96. The Morgan fingerprint density at radius 3 is 2.56 bits per heavy atom. The standard InChI is InChI=1S/C21H26N2O3.ClH/c22-17-11-14-5-4-6-15(12-17)19(14)23-21(24)20-16(9-10-25-20)13-26-18-7-2-1-3-8-18;/h1-3,7-10,14-15,17,19H,4-6,11-13,22H2,(H,23,24);1H. The fourth-order valence-corrected chi connectivity index (χ4v) is 4.57. The summed E-state index contributed by atoms with van der Waals surface area (Å²) in [6.45, 7) is 0.311. The number of ether oxygens (including phenoxy) is 1. The maximum atomic E-state index is 12.8. The van der Waals surface area contributed by atoms with Crippen LogP contribution in [0.1, 0.15) is 48.2 Å². The third-order valence-corrected chi connectivity index (χ3v) is 5.76. The molecule has 2 aliphatic rings. The van der Waals surface area contributed by atoms with Crippen LogP contribution >= 0.6 is 12.4 Å². The van der Waals surface area contributed by atoms with Gasteiger partial charge < -0.3 is 20.2 Å². The summed E-state index contributed by atoms with van der Waals surface area (Å²) >= 11 is 0. The second-order valence-corrected chi connectivity index (χ2v) is 7.56. The van der Waals surface area contributed by atoms with Gasteiger partial charge in [-0.3, -0.25) is 4.79 Å². The summed E-state index contributed by atoms with van der Waals surface area (Å²) in [7, 11) is 0. The van der Waals surface area contributed by atoms with Crippen molar-refractivity contribution < 1.29 is 13.9 Å². The van der Waals surface area contributed by atoms with E-state index < -0.39 is 0 Å². The Morgan fingerprint density at radius 1 is 1.15 bits per heavy atom. The lowest BCUT2D eigenvalue weighted by Crippen LogP contribution is -2.53. The molecular formula is C21H27ClN2O3. The molecule has 2 aliphatic carbocycles. The third-order valence-electron chi connectivity index (χ3n) is 5.76. The summed E-state index contributed by atoms with van der Waals surface area (Å²) in [5.41, 5.74) is 6.95. The molecule has 2 atom stereocenters. The van der Waals surface area contributed by atoms with Crippen LogP contribution < -0.4 is 15.8 Å². The van der Waals surface area contributed by atoms with E-state index in [2.05, 4.69) is 5.32 Å². The molecule has 0 saturated heterocycles. The van der Waals surface area contributed by atoms with Crippen LogP contribution in [0.15, 0.2) is 47.1 Å². The maximum absolute atomic E-state index is 12.8. The van der Waals surface area contributed by atoms with Gasteiger partial charge in [0.05, 0.1) is 6.26 Å². The highest BCUT2D eigenvalue weighted by atomic mass is 35.5. The van der Waals surface area contributed by atoms with Crippen molar-refractivity contribution in [1.82, 2.24) is 5.32 Å². The van der Waals surface area contributed by atoms with Crippen molar-refractivity contribution in [1.29, 1.82) is 0 Å². The van der Waals surface area contributed by atoms with Crippen LogP contribution in [-0.2, 0) is 6.61 Å². The Labute approximate surface area is 166 Å². The van der Waals surface area contributed by atoms with Gasteiger partial charge in [0.15, 0.2) is 5.76 Å². The van der Waals surface area contributed by atoms with Crippen molar-refractivity contribution in [3.63, 3.8) is 0 Å². The number of rotatable bonds is 5. The lowest BCUT2D eigenvalue weighted by Gasteiger charge is -2.45. The SMILES string of the molecule is Cl.NC1CC2CCCC(C1)C2NC(=O)c1occc1COc1ccccc1. The molecule has 0 spiro atoms. The maximum Gasteiger partial charge on any atom is 0.287 e. The van der Waals surface area contributed by atoms with E-state index in [-0.39, 0.29) is 30.4 Å². The van der Waals surface area contributed by atoms with E-state index in [0.29, 0.717) is 24.2 Å². The molecule has 0 radical (unpaired) electrons. The van der Waals surface area contributed by atoms with Gasteiger partial charge in [0.1, 0.15) is 12.4 Å². The van der Waals surface area contributed by atoms with Crippen molar-refractivity contribution in [3.05, 3.63) is 54.0 Å². The van der Waals surface area contributed by atoms with E-state index in [1.807, 2.05) is 30.3 Å². The van der Waals surface area contributed by atoms with Gasteiger partial charge in [0.2, 0.25) is 0 Å². The van der Waals surface area contributed by atoms with Gasteiger partial charge in [-0.05, 0) is 55.7 Å². The molecule has 2 bridgehead atoms. The van der Waals surface area contributed by atoms with Gasteiger partial charge >= 0.3 is 0 Å². The minimum atomic E-state index is -0.140. The predicted molar refractivity (Wildman–Crippen MR) is 106 cm³/mol. The van der Waals surface area contributed by atoms with E-state index >= 15 is 0 Å². The first-order valence-electron chi connectivity index (χ1n) is 9.51. The fraction of sp³-hybridized carbons (Fsp3) is 0.476. The first kappa shape index (κ1) is 19.8. The topological polar surface area (TPSA) is 77.5 Å². The quantitative estimate of drug-likeness (QED) is 0.811. The third kappa shape index (κ3) is 4.47. The summed E-state index contributed by atoms with van der Waals surface area (Å²) < 4.78 is 11.2. The Kier molecular flexibility index (Phi) is 6.45. The Morgan fingerprint density at radius 2 is 1.85 bits per heavy atom. The van der Waals surface area contributed by atoms with E-state index in [0.717, 1.165) is 37.0 Å². The Balaban J connectivity index is 0.00000210. The molecule has 1 heterocycles. The van der Waals surface area contributed by atoms with Crippen LogP contribution in [0.2, 0.25) is 0 Å². The molecule has 1 aromatic carbocycles. The normalized spacial score (nSPS) is 26.7. The van der Waals surface area contributed by atoms with E-state index in [4.69, 9.17) is 14.9 Å². The van der Waals surface area contributed by atoms with Crippen molar-refractivity contribution in [2.45, 2.75) is 50.8 Å². The highest BCUT2D eigenvalue weighted by Crippen LogP contribution is 2.39. The molecule has 1 aromatic heterocycles. The van der Waals surface area contributed by atoms with E-state index in [1.54, 1.807) is 12.3 Å². The summed E-state index contributed by atoms with van der Waals surface area (Å²) in [6, 6.07) is 11.9. The molecule has 5 nitrogen and oxygen atoms in total. The minimum Gasteiger partial charge on any atom is -0.489 e. The molecule has 2 fully saturated rings. The lowest BCUT2D eigenvalue weighted by molar-refractivity contribution is 0.0729. The Bertz CT molecular complexity index is 735. The number of benzene rings is 1. The number of amides is 1. The number of hydrogen-bond acceptors (Lipinski definition) is 4. The second-order valence-electron chi connectivity index (χ2n) is 7.56. The van der Waals surface area contributed by atoms with Gasteiger partial charge in [0, 0.05) is 17.6 Å².